The largest absolute Gasteiger partial charge is 0.497 e. The molecule has 0 unspecified atom stereocenters. The highest BCUT2D eigenvalue weighted by molar-refractivity contribution is 6.17. The molecule has 0 amide bonds. The van der Waals surface area contributed by atoms with Crippen molar-refractivity contribution in [3.05, 3.63) is 24.1 Å². The van der Waals surface area contributed by atoms with Crippen molar-refractivity contribution >= 4 is 11.6 Å². The van der Waals surface area contributed by atoms with Crippen LogP contribution in [0.25, 0.3) is 11.4 Å². The summed E-state index contributed by atoms with van der Waals surface area (Å²) in [4.78, 5) is 4.25. The van der Waals surface area contributed by atoms with Gasteiger partial charge in [0.1, 0.15) is 11.5 Å². The van der Waals surface area contributed by atoms with Gasteiger partial charge in [0, 0.05) is 23.9 Å². The Morgan fingerprint density at radius 1 is 1.17 bits per heavy atom. The number of rotatable bonds is 5. The highest BCUT2D eigenvalue weighted by atomic mass is 35.5. The average molecular weight is 269 g/mol. The summed E-state index contributed by atoms with van der Waals surface area (Å²) in [6, 6.07) is 5.42. The van der Waals surface area contributed by atoms with Crippen LogP contribution >= 0.6 is 11.6 Å². The number of alkyl halides is 1. The molecule has 1 aromatic carbocycles. The predicted octanol–water partition coefficient (Wildman–Crippen LogP) is 2.54. The Balaban J connectivity index is 2.35. The van der Waals surface area contributed by atoms with E-state index in [1.54, 1.807) is 20.3 Å². The van der Waals surface area contributed by atoms with Crippen molar-refractivity contribution in [2.45, 2.75) is 6.42 Å². The van der Waals surface area contributed by atoms with Gasteiger partial charge >= 0.3 is 0 Å². The summed E-state index contributed by atoms with van der Waals surface area (Å²) in [5, 5.41) is 3.90. The second-order valence-corrected chi connectivity index (χ2v) is 3.93. The number of nitrogens with zero attached hydrogens (tertiary/aromatic N) is 2. The van der Waals surface area contributed by atoms with Crippen LogP contribution < -0.4 is 9.47 Å². The van der Waals surface area contributed by atoms with Crippen molar-refractivity contribution in [1.82, 2.24) is 10.1 Å². The molecule has 0 bridgehead atoms. The molecule has 0 saturated carbocycles. The molecule has 0 atom stereocenters. The van der Waals surface area contributed by atoms with Gasteiger partial charge in [-0.3, -0.25) is 0 Å². The molecule has 0 aliphatic rings. The van der Waals surface area contributed by atoms with E-state index in [2.05, 4.69) is 10.1 Å². The number of aryl methyl sites for hydroxylation is 1. The Bertz CT molecular complexity index is 506. The second-order valence-electron chi connectivity index (χ2n) is 3.55. The van der Waals surface area contributed by atoms with Crippen molar-refractivity contribution in [3.8, 4) is 22.9 Å². The molecule has 5 nitrogen and oxygen atoms in total. The Morgan fingerprint density at radius 2 is 1.83 bits per heavy atom. The zero-order chi connectivity index (χ0) is 13.0. The normalized spacial score (nSPS) is 10.4. The summed E-state index contributed by atoms with van der Waals surface area (Å²) in [6.07, 6.45) is 0.551. The molecule has 0 radical (unpaired) electrons. The standard InChI is InChI=1S/C12H13ClN2O3/c1-16-9-5-8(6-10(7-9)17-2)12-14-11(3-4-13)18-15-12/h5-7H,3-4H2,1-2H3. The van der Waals surface area contributed by atoms with E-state index in [1.807, 2.05) is 12.1 Å². The number of benzene rings is 1. The Labute approximate surface area is 110 Å². The topological polar surface area (TPSA) is 57.4 Å². The van der Waals surface area contributed by atoms with Gasteiger partial charge in [-0.15, -0.1) is 11.6 Å². The van der Waals surface area contributed by atoms with Crippen LogP contribution in [0.5, 0.6) is 11.5 Å². The number of aromatic nitrogens is 2. The molecule has 0 aliphatic carbocycles. The van der Waals surface area contributed by atoms with Gasteiger partial charge < -0.3 is 14.0 Å². The van der Waals surface area contributed by atoms with E-state index in [1.165, 1.54) is 0 Å². The molecule has 0 N–H and O–H groups in total. The first kappa shape index (κ1) is 12.7. The Hall–Kier alpha value is -1.75. The van der Waals surface area contributed by atoms with Crippen molar-refractivity contribution in [2.75, 3.05) is 20.1 Å². The number of methoxy groups -OCH3 is 2. The van der Waals surface area contributed by atoms with Gasteiger partial charge in [-0.05, 0) is 12.1 Å². The van der Waals surface area contributed by atoms with E-state index in [9.17, 15) is 0 Å². The lowest BCUT2D eigenvalue weighted by molar-refractivity contribution is 0.383. The summed E-state index contributed by atoms with van der Waals surface area (Å²) in [5.41, 5.74) is 0.774. The van der Waals surface area contributed by atoms with Crippen molar-refractivity contribution < 1.29 is 14.0 Å². The smallest absolute Gasteiger partial charge is 0.228 e. The maximum absolute atomic E-state index is 5.62. The lowest BCUT2D eigenvalue weighted by Gasteiger charge is -2.05. The van der Waals surface area contributed by atoms with E-state index in [4.69, 9.17) is 25.6 Å². The molecular weight excluding hydrogens is 256 g/mol. The first-order valence-corrected chi connectivity index (χ1v) is 5.92. The summed E-state index contributed by atoms with van der Waals surface area (Å²) in [7, 11) is 3.18. The lowest BCUT2D eigenvalue weighted by atomic mass is 10.2. The number of ether oxygens (including phenoxy) is 2. The maximum atomic E-state index is 5.62. The van der Waals surface area contributed by atoms with Gasteiger partial charge in [0.15, 0.2) is 0 Å². The minimum Gasteiger partial charge on any atom is -0.497 e. The molecule has 0 aliphatic heterocycles. The zero-order valence-electron chi connectivity index (χ0n) is 10.1. The van der Waals surface area contributed by atoms with E-state index < -0.39 is 0 Å². The minimum atomic E-state index is 0.447. The molecule has 2 aromatic rings. The Kier molecular flexibility index (Phi) is 4.04. The molecule has 18 heavy (non-hydrogen) atoms. The van der Waals surface area contributed by atoms with Gasteiger partial charge in [0.2, 0.25) is 11.7 Å². The minimum absolute atomic E-state index is 0.447. The molecule has 0 spiro atoms. The van der Waals surface area contributed by atoms with Gasteiger partial charge in [-0.2, -0.15) is 4.98 Å². The average Bonchev–Trinajstić information content (AvgIpc) is 2.87. The summed E-state index contributed by atoms with van der Waals surface area (Å²) < 4.78 is 15.5. The van der Waals surface area contributed by atoms with Crippen LogP contribution in [0.2, 0.25) is 0 Å². The van der Waals surface area contributed by atoms with E-state index in [0.29, 0.717) is 35.5 Å². The van der Waals surface area contributed by atoms with Crippen LogP contribution in [-0.4, -0.2) is 30.2 Å². The van der Waals surface area contributed by atoms with E-state index >= 15 is 0 Å². The molecule has 2 rings (SSSR count). The molecule has 0 saturated heterocycles. The van der Waals surface area contributed by atoms with Crippen LogP contribution in [0.1, 0.15) is 5.89 Å². The van der Waals surface area contributed by atoms with Gasteiger partial charge in [0.05, 0.1) is 14.2 Å². The first-order valence-electron chi connectivity index (χ1n) is 5.39. The van der Waals surface area contributed by atoms with Gasteiger partial charge in [-0.1, -0.05) is 5.16 Å². The second kappa shape index (κ2) is 5.73. The molecule has 96 valence electrons. The van der Waals surface area contributed by atoms with Gasteiger partial charge in [-0.25, -0.2) is 0 Å². The maximum Gasteiger partial charge on any atom is 0.228 e. The van der Waals surface area contributed by atoms with Crippen LogP contribution in [0.4, 0.5) is 0 Å². The summed E-state index contributed by atoms with van der Waals surface area (Å²) >= 11 is 5.62. The molecular formula is C12H13ClN2O3. The van der Waals surface area contributed by atoms with E-state index in [0.717, 1.165) is 5.56 Å². The summed E-state index contributed by atoms with van der Waals surface area (Å²) in [6.45, 7) is 0. The van der Waals surface area contributed by atoms with E-state index in [-0.39, 0.29) is 0 Å². The highest BCUT2D eigenvalue weighted by Crippen LogP contribution is 2.28. The summed E-state index contributed by atoms with van der Waals surface area (Å²) in [5.74, 6) is 2.80. The third-order valence-corrected chi connectivity index (χ3v) is 2.58. The predicted molar refractivity (Wildman–Crippen MR) is 67.3 cm³/mol. The third-order valence-electron chi connectivity index (χ3n) is 2.39. The van der Waals surface area contributed by atoms with Crippen molar-refractivity contribution in [3.63, 3.8) is 0 Å². The lowest BCUT2D eigenvalue weighted by Crippen LogP contribution is -1.90. The van der Waals surface area contributed by atoms with Crippen molar-refractivity contribution in [2.24, 2.45) is 0 Å². The van der Waals surface area contributed by atoms with Gasteiger partial charge in [0.25, 0.3) is 0 Å². The number of halogens is 1. The fourth-order valence-corrected chi connectivity index (χ4v) is 1.65. The van der Waals surface area contributed by atoms with Crippen LogP contribution in [-0.2, 0) is 6.42 Å². The SMILES string of the molecule is COc1cc(OC)cc(-c2noc(CCCl)n2)c1. The van der Waals surface area contributed by atoms with Crippen LogP contribution in [0.15, 0.2) is 22.7 Å². The molecule has 1 aromatic heterocycles. The fraction of sp³-hybridized carbons (Fsp3) is 0.333. The zero-order valence-corrected chi connectivity index (χ0v) is 10.9. The number of hydrogen-bond acceptors (Lipinski definition) is 5. The highest BCUT2D eigenvalue weighted by Gasteiger charge is 2.11. The van der Waals surface area contributed by atoms with Crippen LogP contribution in [0, 0.1) is 0 Å². The third kappa shape index (κ3) is 2.73. The molecule has 0 fully saturated rings. The molecule has 6 heteroatoms. The monoisotopic (exact) mass is 268 g/mol. The van der Waals surface area contributed by atoms with Crippen LogP contribution in [0.3, 0.4) is 0 Å². The molecule has 1 heterocycles. The first-order chi connectivity index (χ1) is 8.76. The van der Waals surface area contributed by atoms with Crippen molar-refractivity contribution in [1.29, 1.82) is 0 Å². The fourth-order valence-electron chi connectivity index (χ4n) is 1.49. The quantitative estimate of drug-likeness (QED) is 0.780. The Morgan fingerprint density at radius 3 is 2.39 bits per heavy atom. The number of hydrogen-bond donors (Lipinski definition) is 0.